The Bertz CT molecular complexity index is 239. The van der Waals surface area contributed by atoms with Crippen LogP contribution in [0.5, 0.6) is 0 Å². The van der Waals surface area contributed by atoms with Gasteiger partial charge in [0.15, 0.2) is 0 Å². The summed E-state index contributed by atoms with van der Waals surface area (Å²) in [5, 5.41) is 8.68. The first-order chi connectivity index (χ1) is 7.75. The SMILES string of the molecule is O=C(O)CCN1CCC[C@H](N2CCCC2)C1. The second kappa shape index (κ2) is 5.64. The lowest BCUT2D eigenvalue weighted by Gasteiger charge is -2.37. The van der Waals surface area contributed by atoms with E-state index < -0.39 is 5.97 Å². The molecule has 2 fully saturated rings. The van der Waals surface area contributed by atoms with Crippen LogP contribution in [0.25, 0.3) is 0 Å². The molecule has 1 N–H and O–H groups in total. The Kier molecular flexibility index (Phi) is 4.18. The summed E-state index contributed by atoms with van der Waals surface area (Å²) in [6.07, 6.45) is 5.48. The number of carboxylic acid groups (broad SMARTS) is 1. The van der Waals surface area contributed by atoms with Gasteiger partial charge in [0.2, 0.25) is 0 Å². The van der Waals surface area contributed by atoms with Gasteiger partial charge in [-0.15, -0.1) is 0 Å². The fraction of sp³-hybridized carbons (Fsp3) is 0.917. The third-order valence-corrected chi connectivity index (χ3v) is 3.78. The fourth-order valence-electron chi connectivity index (χ4n) is 2.89. The van der Waals surface area contributed by atoms with Crippen molar-refractivity contribution < 1.29 is 9.90 Å². The minimum Gasteiger partial charge on any atom is -0.481 e. The summed E-state index contributed by atoms with van der Waals surface area (Å²) in [6, 6.07) is 0.685. The second-order valence-electron chi connectivity index (χ2n) is 4.98. The van der Waals surface area contributed by atoms with Gasteiger partial charge in [0.1, 0.15) is 0 Å². The molecule has 4 heteroatoms. The summed E-state index contributed by atoms with van der Waals surface area (Å²) >= 11 is 0. The van der Waals surface area contributed by atoms with Gasteiger partial charge < -0.3 is 10.0 Å². The number of nitrogens with zero attached hydrogens (tertiary/aromatic N) is 2. The summed E-state index contributed by atoms with van der Waals surface area (Å²) < 4.78 is 0. The summed E-state index contributed by atoms with van der Waals surface area (Å²) in [5.74, 6) is -0.678. The van der Waals surface area contributed by atoms with Crippen molar-refractivity contribution in [1.82, 2.24) is 9.80 Å². The van der Waals surface area contributed by atoms with Crippen molar-refractivity contribution in [1.29, 1.82) is 0 Å². The lowest BCUT2D eigenvalue weighted by Crippen LogP contribution is -2.47. The van der Waals surface area contributed by atoms with E-state index in [4.69, 9.17) is 5.11 Å². The van der Waals surface area contributed by atoms with E-state index in [0.29, 0.717) is 6.04 Å². The molecule has 0 aromatic carbocycles. The van der Waals surface area contributed by atoms with E-state index in [1.165, 1.54) is 38.8 Å². The van der Waals surface area contributed by atoms with Crippen LogP contribution in [0.1, 0.15) is 32.1 Å². The number of carbonyl (C=O) groups is 1. The third-order valence-electron chi connectivity index (χ3n) is 3.78. The number of rotatable bonds is 4. The Morgan fingerprint density at radius 1 is 1.19 bits per heavy atom. The van der Waals surface area contributed by atoms with Crippen LogP contribution in [0.4, 0.5) is 0 Å². The van der Waals surface area contributed by atoms with E-state index in [1.807, 2.05) is 0 Å². The predicted molar refractivity (Wildman–Crippen MR) is 62.5 cm³/mol. The molecular weight excluding hydrogens is 204 g/mol. The molecular formula is C12H22N2O2. The molecule has 2 aliphatic rings. The van der Waals surface area contributed by atoms with E-state index in [-0.39, 0.29) is 6.42 Å². The van der Waals surface area contributed by atoms with Crippen LogP contribution in [0.3, 0.4) is 0 Å². The highest BCUT2D eigenvalue weighted by Crippen LogP contribution is 2.20. The van der Waals surface area contributed by atoms with E-state index in [9.17, 15) is 4.79 Å². The minimum absolute atomic E-state index is 0.284. The van der Waals surface area contributed by atoms with Gasteiger partial charge in [-0.25, -0.2) is 0 Å². The second-order valence-corrected chi connectivity index (χ2v) is 4.98. The lowest BCUT2D eigenvalue weighted by atomic mass is 10.0. The molecule has 0 aromatic heterocycles. The predicted octanol–water partition coefficient (Wildman–Crippen LogP) is 1.02. The highest BCUT2D eigenvalue weighted by atomic mass is 16.4. The van der Waals surface area contributed by atoms with Gasteiger partial charge in [-0.1, -0.05) is 0 Å². The summed E-state index contributed by atoms with van der Waals surface area (Å²) in [7, 11) is 0. The smallest absolute Gasteiger partial charge is 0.304 e. The first-order valence-corrected chi connectivity index (χ1v) is 6.44. The van der Waals surface area contributed by atoms with Gasteiger partial charge in [0.25, 0.3) is 0 Å². The van der Waals surface area contributed by atoms with Crippen molar-refractivity contribution in [2.45, 2.75) is 38.1 Å². The molecule has 0 amide bonds. The van der Waals surface area contributed by atoms with Crippen molar-refractivity contribution in [3.63, 3.8) is 0 Å². The molecule has 2 heterocycles. The largest absolute Gasteiger partial charge is 0.481 e. The van der Waals surface area contributed by atoms with Crippen LogP contribution in [0.2, 0.25) is 0 Å². The summed E-state index contributed by atoms with van der Waals surface area (Å²) in [4.78, 5) is 15.5. The Hall–Kier alpha value is -0.610. The van der Waals surface area contributed by atoms with Gasteiger partial charge in [-0.2, -0.15) is 0 Å². The Labute approximate surface area is 97.2 Å². The minimum atomic E-state index is -0.678. The van der Waals surface area contributed by atoms with Crippen LogP contribution in [0.15, 0.2) is 0 Å². The molecule has 1 atom stereocenters. The van der Waals surface area contributed by atoms with Crippen LogP contribution in [-0.4, -0.2) is 59.6 Å². The first-order valence-electron chi connectivity index (χ1n) is 6.44. The number of carboxylic acids is 1. The normalized spacial score (nSPS) is 28.4. The monoisotopic (exact) mass is 226 g/mol. The standard InChI is InChI=1S/C12H22N2O2/c15-12(16)5-9-13-6-3-4-11(10-13)14-7-1-2-8-14/h11H,1-10H2,(H,15,16)/t11-/m0/s1. The zero-order chi connectivity index (χ0) is 11.4. The van der Waals surface area contributed by atoms with Crippen molar-refractivity contribution in [2.24, 2.45) is 0 Å². The molecule has 0 aromatic rings. The van der Waals surface area contributed by atoms with Crippen LogP contribution in [-0.2, 0) is 4.79 Å². The van der Waals surface area contributed by atoms with Crippen molar-refractivity contribution in [2.75, 3.05) is 32.7 Å². The van der Waals surface area contributed by atoms with Gasteiger partial charge in [0, 0.05) is 19.1 Å². The molecule has 0 radical (unpaired) electrons. The zero-order valence-corrected chi connectivity index (χ0v) is 9.90. The zero-order valence-electron chi connectivity index (χ0n) is 9.90. The molecule has 0 aliphatic carbocycles. The Balaban J connectivity index is 1.76. The molecule has 2 rings (SSSR count). The lowest BCUT2D eigenvalue weighted by molar-refractivity contribution is -0.137. The summed E-state index contributed by atoms with van der Waals surface area (Å²) in [6.45, 7) is 5.37. The quantitative estimate of drug-likeness (QED) is 0.777. The highest BCUT2D eigenvalue weighted by molar-refractivity contribution is 5.66. The molecule has 2 saturated heterocycles. The fourth-order valence-corrected chi connectivity index (χ4v) is 2.89. The average molecular weight is 226 g/mol. The Morgan fingerprint density at radius 2 is 1.94 bits per heavy atom. The maximum atomic E-state index is 10.5. The number of piperidine rings is 1. The van der Waals surface area contributed by atoms with Crippen molar-refractivity contribution >= 4 is 5.97 Å². The third kappa shape index (κ3) is 3.19. The van der Waals surface area contributed by atoms with Gasteiger partial charge in [-0.05, 0) is 45.3 Å². The average Bonchev–Trinajstić information content (AvgIpc) is 2.80. The van der Waals surface area contributed by atoms with Gasteiger partial charge >= 0.3 is 5.97 Å². The maximum absolute atomic E-state index is 10.5. The van der Waals surface area contributed by atoms with E-state index in [0.717, 1.165) is 19.6 Å². The first kappa shape index (κ1) is 11.9. The highest BCUT2D eigenvalue weighted by Gasteiger charge is 2.26. The van der Waals surface area contributed by atoms with Crippen LogP contribution in [0, 0.1) is 0 Å². The number of hydrogen-bond donors (Lipinski definition) is 1. The maximum Gasteiger partial charge on any atom is 0.304 e. The van der Waals surface area contributed by atoms with Gasteiger partial charge in [0.05, 0.1) is 6.42 Å². The number of hydrogen-bond acceptors (Lipinski definition) is 3. The molecule has 0 spiro atoms. The van der Waals surface area contributed by atoms with Gasteiger partial charge in [-0.3, -0.25) is 9.69 Å². The molecule has 0 bridgehead atoms. The Morgan fingerprint density at radius 3 is 2.62 bits per heavy atom. The van der Waals surface area contributed by atoms with E-state index in [2.05, 4.69) is 9.80 Å². The van der Waals surface area contributed by atoms with E-state index in [1.54, 1.807) is 0 Å². The molecule has 0 unspecified atom stereocenters. The topological polar surface area (TPSA) is 43.8 Å². The molecule has 2 aliphatic heterocycles. The molecule has 92 valence electrons. The van der Waals surface area contributed by atoms with Crippen molar-refractivity contribution in [3.05, 3.63) is 0 Å². The molecule has 16 heavy (non-hydrogen) atoms. The van der Waals surface area contributed by atoms with E-state index >= 15 is 0 Å². The summed E-state index contributed by atoms with van der Waals surface area (Å²) in [5.41, 5.74) is 0. The number of aliphatic carboxylic acids is 1. The molecule has 0 saturated carbocycles. The van der Waals surface area contributed by atoms with Crippen molar-refractivity contribution in [3.8, 4) is 0 Å². The number of likely N-dealkylation sites (tertiary alicyclic amines) is 2. The molecule has 4 nitrogen and oxygen atoms in total. The van der Waals surface area contributed by atoms with Crippen LogP contribution >= 0.6 is 0 Å². The van der Waals surface area contributed by atoms with Crippen LogP contribution < -0.4 is 0 Å².